The van der Waals surface area contributed by atoms with Crippen LogP contribution in [-0.4, -0.2) is 36.3 Å². The summed E-state index contributed by atoms with van der Waals surface area (Å²) in [5.41, 5.74) is 1.06. The quantitative estimate of drug-likeness (QED) is 0.875. The van der Waals surface area contributed by atoms with E-state index in [4.69, 9.17) is 11.6 Å². The van der Waals surface area contributed by atoms with Crippen molar-refractivity contribution in [2.24, 2.45) is 0 Å². The van der Waals surface area contributed by atoms with Crippen LogP contribution in [0.15, 0.2) is 24.3 Å². The lowest BCUT2D eigenvalue weighted by atomic mass is 10.1. The van der Waals surface area contributed by atoms with Gasteiger partial charge in [0.1, 0.15) is 0 Å². The highest BCUT2D eigenvalue weighted by atomic mass is 35.5. The topological polar surface area (TPSA) is 49.4 Å². The lowest BCUT2D eigenvalue weighted by Crippen LogP contribution is -2.42. The maximum absolute atomic E-state index is 11.9. The van der Waals surface area contributed by atoms with Gasteiger partial charge in [0.2, 0.25) is 11.8 Å². The molecule has 0 unspecified atom stereocenters. The molecule has 2 amide bonds. The van der Waals surface area contributed by atoms with Crippen LogP contribution < -0.4 is 5.32 Å². The van der Waals surface area contributed by atoms with Crippen LogP contribution in [0.2, 0.25) is 5.02 Å². The van der Waals surface area contributed by atoms with Gasteiger partial charge in [-0.2, -0.15) is 0 Å². The van der Waals surface area contributed by atoms with E-state index < -0.39 is 0 Å². The summed E-state index contributed by atoms with van der Waals surface area (Å²) in [5.74, 6) is -0.0448. The number of halogens is 1. The zero-order chi connectivity index (χ0) is 15.8. The third-order valence-electron chi connectivity index (χ3n) is 3.95. The molecule has 1 N–H and O–H groups in total. The molecule has 2 rings (SSSR count). The van der Waals surface area contributed by atoms with Crippen molar-refractivity contribution in [3.8, 4) is 0 Å². The van der Waals surface area contributed by atoms with Crippen molar-refractivity contribution in [2.45, 2.75) is 38.5 Å². The van der Waals surface area contributed by atoms with Crippen LogP contribution in [0.1, 0.15) is 37.7 Å². The number of aryl methyl sites for hydroxylation is 1. The molecule has 1 aliphatic rings. The highest BCUT2D eigenvalue weighted by molar-refractivity contribution is 6.31. The Balaban J connectivity index is 1.63. The summed E-state index contributed by atoms with van der Waals surface area (Å²) in [5, 5.41) is 3.46. The molecule has 0 radical (unpaired) electrons. The maximum atomic E-state index is 11.9. The van der Waals surface area contributed by atoms with Crippen molar-refractivity contribution in [2.75, 3.05) is 19.6 Å². The van der Waals surface area contributed by atoms with E-state index in [2.05, 4.69) is 5.32 Å². The van der Waals surface area contributed by atoms with E-state index in [0.29, 0.717) is 6.42 Å². The molecular weight excluding hydrogens is 300 g/mol. The Hall–Kier alpha value is -1.55. The standard InChI is InChI=1S/C17H23ClN2O2/c18-15-9-3-2-7-14(15)8-6-10-16(21)19-13-17(22)20-11-4-1-5-12-20/h2-3,7,9H,1,4-6,8,10-13H2,(H,19,21). The Morgan fingerprint density at radius 3 is 2.59 bits per heavy atom. The number of likely N-dealkylation sites (tertiary alicyclic amines) is 1. The molecule has 1 aliphatic heterocycles. The Bertz CT molecular complexity index is 513. The van der Waals surface area contributed by atoms with E-state index in [1.54, 1.807) is 0 Å². The largest absolute Gasteiger partial charge is 0.347 e. The Morgan fingerprint density at radius 2 is 1.86 bits per heavy atom. The number of nitrogens with zero attached hydrogens (tertiary/aromatic N) is 1. The molecular formula is C17H23ClN2O2. The molecule has 0 aliphatic carbocycles. The van der Waals surface area contributed by atoms with Crippen LogP contribution in [0, 0.1) is 0 Å². The van der Waals surface area contributed by atoms with Crippen molar-refractivity contribution in [3.63, 3.8) is 0 Å². The molecule has 22 heavy (non-hydrogen) atoms. The average molecular weight is 323 g/mol. The Kier molecular flexibility index (Phi) is 6.72. The number of hydrogen-bond acceptors (Lipinski definition) is 2. The fourth-order valence-corrected chi connectivity index (χ4v) is 2.89. The third-order valence-corrected chi connectivity index (χ3v) is 4.32. The normalized spacial score (nSPS) is 14.7. The number of rotatable bonds is 6. The predicted octanol–water partition coefficient (Wildman–Crippen LogP) is 2.79. The van der Waals surface area contributed by atoms with Crippen LogP contribution in [0.3, 0.4) is 0 Å². The van der Waals surface area contributed by atoms with Gasteiger partial charge in [-0.3, -0.25) is 9.59 Å². The van der Waals surface area contributed by atoms with Gasteiger partial charge in [0, 0.05) is 24.5 Å². The van der Waals surface area contributed by atoms with E-state index in [9.17, 15) is 9.59 Å². The first-order valence-corrected chi connectivity index (χ1v) is 8.32. The SMILES string of the molecule is O=C(CCCc1ccccc1Cl)NCC(=O)N1CCCCC1. The van der Waals surface area contributed by atoms with Gasteiger partial charge in [-0.1, -0.05) is 29.8 Å². The summed E-state index contributed by atoms with van der Waals surface area (Å²) >= 11 is 6.08. The molecule has 0 spiro atoms. The summed E-state index contributed by atoms with van der Waals surface area (Å²) in [6, 6.07) is 7.66. The van der Waals surface area contributed by atoms with Crippen LogP contribution >= 0.6 is 11.6 Å². The van der Waals surface area contributed by atoms with Crippen molar-refractivity contribution in [3.05, 3.63) is 34.9 Å². The molecule has 4 nitrogen and oxygen atoms in total. The molecule has 0 bridgehead atoms. The second kappa shape index (κ2) is 8.79. The lowest BCUT2D eigenvalue weighted by molar-refractivity contribution is -0.133. The predicted molar refractivity (Wildman–Crippen MR) is 87.8 cm³/mol. The van der Waals surface area contributed by atoms with Gasteiger partial charge >= 0.3 is 0 Å². The molecule has 5 heteroatoms. The highest BCUT2D eigenvalue weighted by Crippen LogP contribution is 2.17. The van der Waals surface area contributed by atoms with Crippen molar-refractivity contribution in [1.29, 1.82) is 0 Å². The molecule has 1 aromatic rings. The molecule has 1 aromatic carbocycles. The zero-order valence-corrected chi connectivity index (χ0v) is 13.6. The lowest BCUT2D eigenvalue weighted by Gasteiger charge is -2.26. The van der Waals surface area contributed by atoms with Crippen LogP contribution in [0.4, 0.5) is 0 Å². The molecule has 120 valence electrons. The minimum absolute atomic E-state index is 0.0270. The van der Waals surface area contributed by atoms with Gasteiger partial charge in [-0.25, -0.2) is 0 Å². The molecule has 1 saturated heterocycles. The van der Waals surface area contributed by atoms with Crippen LogP contribution in [0.25, 0.3) is 0 Å². The van der Waals surface area contributed by atoms with E-state index in [1.807, 2.05) is 29.2 Å². The minimum atomic E-state index is -0.0718. The van der Waals surface area contributed by atoms with Crippen LogP contribution in [-0.2, 0) is 16.0 Å². The van der Waals surface area contributed by atoms with Gasteiger partial charge < -0.3 is 10.2 Å². The number of carbonyl (C=O) groups is 2. The van der Waals surface area contributed by atoms with Crippen LogP contribution in [0.5, 0.6) is 0 Å². The third kappa shape index (κ3) is 5.34. The van der Waals surface area contributed by atoms with E-state index in [-0.39, 0.29) is 18.4 Å². The second-order valence-corrected chi connectivity index (χ2v) is 6.07. The fraction of sp³-hybridized carbons (Fsp3) is 0.529. The number of hydrogen-bond donors (Lipinski definition) is 1. The fourth-order valence-electron chi connectivity index (χ4n) is 2.66. The Morgan fingerprint density at radius 1 is 1.14 bits per heavy atom. The summed E-state index contributed by atoms with van der Waals surface area (Å²) in [6.07, 6.45) is 5.24. The maximum Gasteiger partial charge on any atom is 0.241 e. The summed E-state index contributed by atoms with van der Waals surface area (Å²) in [4.78, 5) is 25.6. The summed E-state index contributed by atoms with van der Waals surface area (Å²) < 4.78 is 0. The average Bonchev–Trinajstić information content (AvgIpc) is 2.55. The van der Waals surface area contributed by atoms with Gasteiger partial charge in [0.05, 0.1) is 6.54 Å². The van der Waals surface area contributed by atoms with E-state index in [0.717, 1.165) is 49.4 Å². The van der Waals surface area contributed by atoms with E-state index >= 15 is 0 Å². The smallest absolute Gasteiger partial charge is 0.241 e. The summed E-state index contributed by atoms with van der Waals surface area (Å²) in [6.45, 7) is 1.76. The first kappa shape index (κ1) is 16.8. The molecule has 0 saturated carbocycles. The van der Waals surface area contributed by atoms with E-state index in [1.165, 1.54) is 6.42 Å². The molecule has 1 heterocycles. The van der Waals surface area contributed by atoms with Gasteiger partial charge in [0.25, 0.3) is 0 Å². The second-order valence-electron chi connectivity index (χ2n) is 5.66. The van der Waals surface area contributed by atoms with Crippen molar-refractivity contribution < 1.29 is 9.59 Å². The number of amides is 2. The van der Waals surface area contributed by atoms with Gasteiger partial charge in [-0.15, -0.1) is 0 Å². The van der Waals surface area contributed by atoms with Crippen molar-refractivity contribution >= 4 is 23.4 Å². The first-order valence-electron chi connectivity index (χ1n) is 7.94. The highest BCUT2D eigenvalue weighted by Gasteiger charge is 2.16. The molecule has 1 fully saturated rings. The number of piperidine rings is 1. The van der Waals surface area contributed by atoms with Crippen molar-refractivity contribution in [1.82, 2.24) is 10.2 Å². The molecule has 0 aromatic heterocycles. The molecule has 0 atom stereocenters. The number of carbonyl (C=O) groups excluding carboxylic acids is 2. The first-order chi connectivity index (χ1) is 10.7. The monoisotopic (exact) mass is 322 g/mol. The zero-order valence-electron chi connectivity index (χ0n) is 12.8. The number of nitrogens with one attached hydrogen (secondary N) is 1. The number of benzene rings is 1. The Labute approximate surface area is 136 Å². The summed E-state index contributed by atoms with van der Waals surface area (Å²) in [7, 11) is 0. The van der Waals surface area contributed by atoms with Gasteiger partial charge in [0.15, 0.2) is 0 Å². The minimum Gasteiger partial charge on any atom is -0.347 e. The van der Waals surface area contributed by atoms with Gasteiger partial charge in [-0.05, 0) is 43.7 Å².